The molecule has 0 aliphatic carbocycles. The highest BCUT2D eigenvalue weighted by Gasteiger charge is 2.31. The molecule has 3 aromatic rings. The summed E-state index contributed by atoms with van der Waals surface area (Å²) in [6, 6.07) is 15.9. The number of aromatic amines is 1. The van der Waals surface area contributed by atoms with Gasteiger partial charge in [0.1, 0.15) is 11.6 Å². The van der Waals surface area contributed by atoms with Gasteiger partial charge in [-0.3, -0.25) is 4.79 Å². The maximum Gasteiger partial charge on any atom is 0.223 e. The number of hydrogen-bond acceptors (Lipinski definition) is 3. The third kappa shape index (κ3) is 3.17. The molecule has 2 aromatic carbocycles. The van der Waals surface area contributed by atoms with Gasteiger partial charge in [0.05, 0.1) is 24.2 Å². The summed E-state index contributed by atoms with van der Waals surface area (Å²) in [4.78, 5) is 22.9. The van der Waals surface area contributed by atoms with E-state index in [1.807, 2.05) is 53.4 Å². The van der Waals surface area contributed by atoms with Crippen LogP contribution in [0, 0.1) is 0 Å². The number of H-pyrrole nitrogens is 1. The predicted molar refractivity (Wildman–Crippen MR) is 101 cm³/mol. The van der Waals surface area contributed by atoms with Gasteiger partial charge in [-0.15, -0.1) is 0 Å². The highest BCUT2D eigenvalue weighted by Crippen LogP contribution is 2.32. The summed E-state index contributed by atoms with van der Waals surface area (Å²) in [6.07, 6.45) is 3.14. The number of ether oxygens (including phenoxy) is 1. The Hall–Kier alpha value is -2.82. The van der Waals surface area contributed by atoms with Crippen LogP contribution in [0.1, 0.15) is 36.7 Å². The molecule has 0 radical (unpaired) electrons. The number of carbonyl (C=O) groups excluding carboxylic acids is 1. The minimum atomic E-state index is 0.0487. The number of carbonyl (C=O) groups is 1. The van der Waals surface area contributed by atoms with Crippen LogP contribution >= 0.6 is 0 Å². The van der Waals surface area contributed by atoms with Crippen LogP contribution in [0.4, 0.5) is 0 Å². The molecule has 1 saturated heterocycles. The summed E-state index contributed by atoms with van der Waals surface area (Å²) in [6.45, 7) is 0.798. The molecule has 1 fully saturated rings. The molecule has 0 saturated carbocycles. The molecule has 0 spiro atoms. The van der Waals surface area contributed by atoms with Crippen molar-refractivity contribution in [1.82, 2.24) is 14.9 Å². The van der Waals surface area contributed by atoms with E-state index >= 15 is 0 Å². The van der Waals surface area contributed by atoms with E-state index in [-0.39, 0.29) is 11.9 Å². The minimum Gasteiger partial charge on any atom is -0.496 e. The Morgan fingerprint density at radius 3 is 2.88 bits per heavy atom. The van der Waals surface area contributed by atoms with Crippen molar-refractivity contribution in [1.29, 1.82) is 0 Å². The molecular weight excluding hydrogens is 326 g/mol. The van der Waals surface area contributed by atoms with Crippen LogP contribution in [0.15, 0.2) is 48.5 Å². The molecule has 0 unspecified atom stereocenters. The highest BCUT2D eigenvalue weighted by atomic mass is 16.5. The van der Waals surface area contributed by atoms with E-state index in [0.29, 0.717) is 12.8 Å². The molecule has 1 aliphatic heterocycles. The largest absolute Gasteiger partial charge is 0.496 e. The second-order valence-electron chi connectivity index (χ2n) is 6.70. The molecule has 134 valence electrons. The van der Waals surface area contributed by atoms with E-state index < -0.39 is 0 Å². The van der Waals surface area contributed by atoms with Crippen LogP contribution in [-0.2, 0) is 11.2 Å². The Morgan fingerprint density at radius 2 is 2.04 bits per heavy atom. The van der Waals surface area contributed by atoms with Crippen LogP contribution in [0.3, 0.4) is 0 Å². The number of aryl methyl sites for hydroxylation is 1. The summed E-state index contributed by atoms with van der Waals surface area (Å²) >= 11 is 0. The second-order valence-corrected chi connectivity index (χ2v) is 6.70. The van der Waals surface area contributed by atoms with Crippen LogP contribution in [0.5, 0.6) is 5.75 Å². The lowest BCUT2D eigenvalue weighted by molar-refractivity contribution is -0.132. The smallest absolute Gasteiger partial charge is 0.223 e. The standard InChI is InChI=1S/C21H23N3O2/c1-26-19-11-5-2-7-15(19)12-13-20(25)24-14-6-10-18(24)21-22-16-8-3-4-9-17(16)23-21/h2-5,7-9,11,18H,6,10,12-14H2,1H3,(H,22,23)/t18-/m0/s1. The summed E-state index contributed by atoms with van der Waals surface area (Å²) in [5, 5.41) is 0. The Kier molecular flexibility index (Phi) is 4.61. The number of nitrogens with zero attached hydrogens (tertiary/aromatic N) is 2. The molecule has 1 atom stereocenters. The Balaban J connectivity index is 1.48. The number of fused-ring (bicyclic) bond motifs is 1. The van der Waals surface area contributed by atoms with Gasteiger partial charge < -0.3 is 14.6 Å². The Morgan fingerprint density at radius 1 is 1.23 bits per heavy atom. The van der Waals surface area contributed by atoms with Crippen molar-refractivity contribution in [2.45, 2.75) is 31.7 Å². The molecule has 4 rings (SSSR count). The number of benzene rings is 2. The van der Waals surface area contributed by atoms with Crippen molar-refractivity contribution in [2.75, 3.05) is 13.7 Å². The number of aromatic nitrogens is 2. The van der Waals surface area contributed by atoms with Gasteiger partial charge in [-0.05, 0) is 43.0 Å². The average molecular weight is 349 g/mol. The first-order valence-corrected chi connectivity index (χ1v) is 9.12. The van der Waals surface area contributed by atoms with E-state index in [1.54, 1.807) is 7.11 Å². The lowest BCUT2D eigenvalue weighted by Crippen LogP contribution is -2.31. The van der Waals surface area contributed by atoms with E-state index in [1.165, 1.54) is 0 Å². The highest BCUT2D eigenvalue weighted by molar-refractivity contribution is 5.78. The fourth-order valence-corrected chi connectivity index (χ4v) is 3.77. The monoisotopic (exact) mass is 349 g/mol. The fourth-order valence-electron chi connectivity index (χ4n) is 3.77. The first-order chi connectivity index (χ1) is 12.8. The first kappa shape index (κ1) is 16.6. The van der Waals surface area contributed by atoms with Gasteiger partial charge in [-0.1, -0.05) is 30.3 Å². The Labute approximate surface area is 153 Å². The van der Waals surface area contributed by atoms with Crippen molar-refractivity contribution in [3.05, 3.63) is 59.9 Å². The zero-order chi connectivity index (χ0) is 17.9. The quantitative estimate of drug-likeness (QED) is 0.761. The second kappa shape index (κ2) is 7.20. The molecule has 1 aromatic heterocycles. The number of rotatable bonds is 5. The van der Waals surface area contributed by atoms with Gasteiger partial charge in [-0.2, -0.15) is 0 Å². The van der Waals surface area contributed by atoms with Crippen molar-refractivity contribution in [3.8, 4) is 5.75 Å². The van der Waals surface area contributed by atoms with Gasteiger partial charge in [0, 0.05) is 13.0 Å². The topological polar surface area (TPSA) is 58.2 Å². The first-order valence-electron chi connectivity index (χ1n) is 9.12. The number of amides is 1. The third-order valence-electron chi connectivity index (χ3n) is 5.10. The molecule has 1 N–H and O–H groups in total. The summed E-state index contributed by atoms with van der Waals surface area (Å²) in [7, 11) is 1.67. The number of likely N-dealkylation sites (tertiary alicyclic amines) is 1. The molecule has 0 bridgehead atoms. The van der Waals surface area contributed by atoms with Gasteiger partial charge in [0.25, 0.3) is 0 Å². The molecule has 1 amide bonds. The molecular formula is C21H23N3O2. The maximum absolute atomic E-state index is 12.9. The number of para-hydroxylation sites is 3. The Bertz CT molecular complexity index is 885. The number of methoxy groups -OCH3 is 1. The zero-order valence-corrected chi connectivity index (χ0v) is 14.9. The van der Waals surface area contributed by atoms with Crippen LogP contribution in [0.25, 0.3) is 11.0 Å². The molecule has 26 heavy (non-hydrogen) atoms. The van der Waals surface area contributed by atoms with Crippen molar-refractivity contribution >= 4 is 16.9 Å². The SMILES string of the molecule is COc1ccccc1CCC(=O)N1CCC[C@H]1c1nc2ccccc2[nH]1. The molecule has 5 heteroatoms. The summed E-state index contributed by atoms with van der Waals surface area (Å²) < 4.78 is 5.39. The number of hydrogen-bond donors (Lipinski definition) is 1. The van der Waals surface area contributed by atoms with Gasteiger partial charge in [-0.25, -0.2) is 4.98 Å². The lowest BCUT2D eigenvalue weighted by Gasteiger charge is -2.23. The van der Waals surface area contributed by atoms with E-state index in [0.717, 1.165) is 47.6 Å². The van der Waals surface area contributed by atoms with E-state index in [4.69, 9.17) is 9.72 Å². The third-order valence-corrected chi connectivity index (χ3v) is 5.10. The number of nitrogens with one attached hydrogen (secondary N) is 1. The van der Waals surface area contributed by atoms with Crippen molar-refractivity contribution in [3.63, 3.8) is 0 Å². The lowest BCUT2D eigenvalue weighted by atomic mass is 10.1. The molecule has 1 aliphatic rings. The van der Waals surface area contributed by atoms with Gasteiger partial charge >= 0.3 is 0 Å². The van der Waals surface area contributed by atoms with E-state index in [9.17, 15) is 4.79 Å². The molecule has 2 heterocycles. The van der Waals surface area contributed by atoms with E-state index in [2.05, 4.69) is 4.98 Å². The normalized spacial score (nSPS) is 17.0. The summed E-state index contributed by atoms with van der Waals surface area (Å²) in [5.41, 5.74) is 3.05. The number of imidazole rings is 1. The maximum atomic E-state index is 12.9. The minimum absolute atomic E-state index is 0.0487. The van der Waals surface area contributed by atoms with Crippen LogP contribution in [-0.4, -0.2) is 34.4 Å². The van der Waals surface area contributed by atoms with Crippen molar-refractivity contribution < 1.29 is 9.53 Å². The summed E-state index contributed by atoms with van der Waals surface area (Å²) in [5.74, 6) is 1.92. The van der Waals surface area contributed by atoms with Crippen LogP contribution in [0.2, 0.25) is 0 Å². The average Bonchev–Trinajstić information content (AvgIpc) is 3.32. The molecule has 5 nitrogen and oxygen atoms in total. The fraction of sp³-hybridized carbons (Fsp3) is 0.333. The van der Waals surface area contributed by atoms with Crippen molar-refractivity contribution in [2.24, 2.45) is 0 Å². The van der Waals surface area contributed by atoms with Gasteiger partial charge in [0.15, 0.2) is 0 Å². The van der Waals surface area contributed by atoms with Gasteiger partial charge in [0.2, 0.25) is 5.91 Å². The predicted octanol–water partition coefficient (Wildman–Crippen LogP) is 3.87. The zero-order valence-electron chi connectivity index (χ0n) is 14.9. The van der Waals surface area contributed by atoms with Crippen LogP contribution < -0.4 is 4.74 Å².